The van der Waals surface area contributed by atoms with Crippen molar-refractivity contribution in [3.63, 3.8) is 0 Å². The summed E-state index contributed by atoms with van der Waals surface area (Å²) in [5.74, 6) is 0.291. The van der Waals surface area contributed by atoms with Crippen LogP contribution in [0.1, 0.15) is 18.4 Å². The van der Waals surface area contributed by atoms with Crippen LogP contribution in [0.5, 0.6) is 0 Å². The zero-order valence-electron chi connectivity index (χ0n) is 11.1. The van der Waals surface area contributed by atoms with Crippen LogP contribution in [0, 0.1) is 5.92 Å². The molecule has 20 heavy (non-hydrogen) atoms. The fourth-order valence-corrected chi connectivity index (χ4v) is 3.16. The van der Waals surface area contributed by atoms with Crippen LogP contribution in [0.2, 0.25) is 5.15 Å². The zero-order chi connectivity index (χ0) is 14.6. The van der Waals surface area contributed by atoms with Gasteiger partial charge in [0.1, 0.15) is 5.15 Å². The molecule has 1 aromatic rings. The van der Waals surface area contributed by atoms with Crippen molar-refractivity contribution in [2.75, 3.05) is 19.6 Å². The van der Waals surface area contributed by atoms with Gasteiger partial charge in [0.05, 0.1) is 0 Å². The normalized spacial score (nSPS) is 21.0. The Morgan fingerprint density at radius 3 is 3.05 bits per heavy atom. The number of rotatable bonds is 5. The molecule has 0 spiro atoms. The van der Waals surface area contributed by atoms with E-state index in [9.17, 15) is 8.42 Å². The Bertz CT molecular complexity index is 552. The number of hydrogen-bond acceptors (Lipinski definition) is 4. The second-order valence-corrected chi connectivity index (χ2v) is 6.89. The molecule has 1 saturated heterocycles. The van der Waals surface area contributed by atoms with Gasteiger partial charge >= 0.3 is 0 Å². The number of nitrogens with one attached hydrogen (secondary N) is 1. The van der Waals surface area contributed by atoms with Crippen molar-refractivity contribution < 1.29 is 8.42 Å². The number of nitrogens with zero attached hydrogens (tertiary/aromatic N) is 2. The number of aromatic nitrogens is 1. The third-order valence-corrected chi connectivity index (χ3v) is 4.15. The first-order chi connectivity index (χ1) is 9.42. The van der Waals surface area contributed by atoms with Gasteiger partial charge in [-0.2, -0.15) is 8.42 Å². The van der Waals surface area contributed by atoms with E-state index in [2.05, 4.69) is 14.6 Å². The number of hydrogen-bond donors (Lipinski definition) is 2. The highest BCUT2D eigenvalue weighted by Crippen LogP contribution is 2.18. The summed E-state index contributed by atoms with van der Waals surface area (Å²) < 4.78 is 24.2. The van der Waals surface area contributed by atoms with Gasteiger partial charge in [-0.3, -0.25) is 4.90 Å². The average Bonchev–Trinajstić information content (AvgIpc) is 2.36. The molecule has 6 nitrogen and oxygen atoms in total. The van der Waals surface area contributed by atoms with Gasteiger partial charge in [0, 0.05) is 25.8 Å². The van der Waals surface area contributed by atoms with Crippen molar-refractivity contribution in [3.8, 4) is 0 Å². The molecule has 0 bridgehead atoms. The number of nitrogens with two attached hydrogens (primary N) is 1. The summed E-state index contributed by atoms with van der Waals surface area (Å²) >= 11 is 5.87. The quantitative estimate of drug-likeness (QED) is 0.784. The molecule has 0 radical (unpaired) electrons. The lowest BCUT2D eigenvalue weighted by atomic mass is 9.98. The van der Waals surface area contributed by atoms with Crippen LogP contribution >= 0.6 is 11.6 Å². The summed E-state index contributed by atoms with van der Waals surface area (Å²) in [7, 11) is -3.60. The zero-order valence-corrected chi connectivity index (χ0v) is 12.7. The monoisotopic (exact) mass is 318 g/mol. The van der Waals surface area contributed by atoms with E-state index in [4.69, 9.17) is 16.7 Å². The summed E-state index contributed by atoms with van der Waals surface area (Å²) in [6, 6.07) is 3.80. The second kappa shape index (κ2) is 6.82. The largest absolute Gasteiger partial charge is 0.299 e. The fourth-order valence-electron chi connectivity index (χ4n) is 2.49. The van der Waals surface area contributed by atoms with Crippen molar-refractivity contribution in [2.24, 2.45) is 11.1 Å². The highest BCUT2D eigenvalue weighted by Gasteiger charge is 2.21. The summed E-state index contributed by atoms with van der Waals surface area (Å²) in [4.78, 5) is 6.26. The lowest BCUT2D eigenvalue weighted by Gasteiger charge is -2.32. The van der Waals surface area contributed by atoms with E-state index in [1.54, 1.807) is 6.20 Å². The van der Waals surface area contributed by atoms with E-state index in [0.29, 0.717) is 17.6 Å². The molecular weight excluding hydrogens is 300 g/mol. The van der Waals surface area contributed by atoms with Gasteiger partial charge in [0.2, 0.25) is 0 Å². The second-order valence-electron chi connectivity index (χ2n) is 5.12. The standard InChI is InChI=1S/C12H19ClN4O2S/c13-12-6-10(3-4-15-12)8-17-5-1-2-11(9-17)7-16-20(14,18)19/h3-4,6,11,16H,1-2,5,7-9H2,(H2,14,18,19)/t11-/m0/s1. The summed E-state index contributed by atoms with van der Waals surface area (Å²) in [6.45, 7) is 3.05. The van der Waals surface area contributed by atoms with E-state index >= 15 is 0 Å². The van der Waals surface area contributed by atoms with Crippen molar-refractivity contribution in [2.45, 2.75) is 19.4 Å². The van der Waals surface area contributed by atoms with Gasteiger partial charge in [0.15, 0.2) is 0 Å². The minimum absolute atomic E-state index is 0.291. The fraction of sp³-hybridized carbons (Fsp3) is 0.583. The SMILES string of the molecule is NS(=O)(=O)NC[C@@H]1CCCN(Cc2ccnc(Cl)c2)C1. The highest BCUT2D eigenvalue weighted by molar-refractivity contribution is 7.87. The Balaban J connectivity index is 1.87. The molecule has 1 fully saturated rings. The van der Waals surface area contributed by atoms with Crippen molar-refractivity contribution >= 4 is 21.8 Å². The number of halogens is 1. The summed E-state index contributed by atoms with van der Waals surface area (Å²) in [5.41, 5.74) is 1.12. The van der Waals surface area contributed by atoms with E-state index in [1.807, 2.05) is 12.1 Å². The van der Waals surface area contributed by atoms with E-state index in [-0.39, 0.29) is 0 Å². The molecule has 1 atom stereocenters. The Labute approximate surface area is 124 Å². The van der Waals surface area contributed by atoms with Gasteiger partial charge in [0.25, 0.3) is 10.2 Å². The van der Waals surface area contributed by atoms with Crippen LogP contribution < -0.4 is 9.86 Å². The lowest BCUT2D eigenvalue weighted by molar-refractivity contribution is 0.169. The maximum atomic E-state index is 10.9. The van der Waals surface area contributed by atoms with Gasteiger partial charge in [-0.25, -0.2) is 14.8 Å². The number of piperidine rings is 1. The molecule has 0 amide bonds. The molecule has 112 valence electrons. The van der Waals surface area contributed by atoms with E-state index in [1.165, 1.54) is 0 Å². The predicted molar refractivity (Wildman–Crippen MR) is 78.4 cm³/mol. The smallest absolute Gasteiger partial charge is 0.274 e. The average molecular weight is 319 g/mol. The van der Waals surface area contributed by atoms with Crippen LogP contribution in [0.4, 0.5) is 0 Å². The molecule has 1 aliphatic heterocycles. The summed E-state index contributed by atoms with van der Waals surface area (Å²) in [6.07, 6.45) is 3.76. The highest BCUT2D eigenvalue weighted by atomic mass is 35.5. The Kier molecular flexibility index (Phi) is 5.34. The predicted octanol–water partition coefficient (Wildman–Crippen LogP) is 0.740. The number of pyridine rings is 1. The van der Waals surface area contributed by atoms with Crippen LogP contribution in [0.15, 0.2) is 18.3 Å². The molecule has 2 heterocycles. The first kappa shape index (κ1) is 15.7. The first-order valence-electron chi connectivity index (χ1n) is 6.52. The molecule has 2 rings (SSSR count). The molecular formula is C12H19ClN4O2S. The third kappa shape index (κ3) is 5.34. The van der Waals surface area contributed by atoms with Gasteiger partial charge < -0.3 is 0 Å². The minimum Gasteiger partial charge on any atom is -0.299 e. The van der Waals surface area contributed by atoms with Crippen molar-refractivity contribution in [1.82, 2.24) is 14.6 Å². The van der Waals surface area contributed by atoms with Crippen LogP contribution in [0.3, 0.4) is 0 Å². The van der Waals surface area contributed by atoms with Crippen LogP contribution in [-0.2, 0) is 16.8 Å². The Hall–Kier alpha value is -0.730. The maximum Gasteiger partial charge on any atom is 0.274 e. The molecule has 3 N–H and O–H groups in total. The minimum atomic E-state index is -3.60. The molecule has 8 heteroatoms. The topological polar surface area (TPSA) is 88.3 Å². The molecule has 1 aromatic heterocycles. The molecule has 0 unspecified atom stereocenters. The van der Waals surface area contributed by atoms with Crippen molar-refractivity contribution in [3.05, 3.63) is 29.0 Å². The Morgan fingerprint density at radius 1 is 1.55 bits per heavy atom. The van der Waals surface area contributed by atoms with Crippen LogP contribution in [-0.4, -0.2) is 37.9 Å². The van der Waals surface area contributed by atoms with Gasteiger partial charge in [-0.15, -0.1) is 0 Å². The third-order valence-electron chi connectivity index (χ3n) is 3.37. The first-order valence-corrected chi connectivity index (χ1v) is 8.45. The molecule has 0 aliphatic carbocycles. The Morgan fingerprint density at radius 2 is 2.35 bits per heavy atom. The lowest BCUT2D eigenvalue weighted by Crippen LogP contribution is -2.42. The van der Waals surface area contributed by atoms with E-state index < -0.39 is 10.2 Å². The molecule has 1 aliphatic rings. The van der Waals surface area contributed by atoms with Crippen molar-refractivity contribution in [1.29, 1.82) is 0 Å². The van der Waals surface area contributed by atoms with Crippen LogP contribution in [0.25, 0.3) is 0 Å². The number of likely N-dealkylation sites (tertiary alicyclic amines) is 1. The molecule has 0 aromatic carbocycles. The van der Waals surface area contributed by atoms with Gasteiger partial charge in [-0.05, 0) is 43.0 Å². The van der Waals surface area contributed by atoms with Gasteiger partial charge in [-0.1, -0.05) is 11.6 Å². The van der Waals surface area contributed by atoms with E-state index in [0.717, 1.165) is 38.0 Å². The summed E-state index contributed by atoms with van der Waals surface area (Å²) in [5, 5.41) is 5.45. The molecule has 0 saturated carbocycles. The maximum absolute atomic E-state index is 10.9.